The molecule has 1 aromatic rings. The molecule has 1 N–H and O–H groups in total. The summed E-state index contributed by atoms with van der Waals surface area (Å²) in [6.07, 6.45) is 3.35. The smallest absolute Gasteiger partial charge is 0.105 e. The van der Waals surface area contributed by atoms with Gasteiger partial charge in [0.05, 0.1) is 5.10 Å². The maximum Gasteiger partial charge on any atom is 0.105 e. The molecule has 0 spiro atoms. The van der Waals surface area contributed by atoms with Crippen LogP contribution in [0.25, 0.3) is 4.95 Å². The van der Waals surface area contributed by atoms with Crippen molar-refractivity contribution < 1.29 is 5.21 Å². The number of piperidine rings is 1. The maximum atomic E-state index is 10.4. The molecule has 1 fully saturated rings. The van der Waals surface area contributed by atoms with Crippen LogP contribution in [0, 0.1) is 12.5 Å². The lowest BCUT2D eigenvalue weighted by Gasteiger charge is -2.51. The summed E-state index contributed by atoms with van der Waals surface area (Å²) in [5.74, 6) is 0.424. The SMILES string of the molecule is [C-]#[N+]/N=C(\Cc1ccccc1)CC1CC(C)(C)N(O)C(C)(C)C1. The fraction of sp³-hybridized carbons (Fsp3) is 0.579. The molecule has 0 unspecified atom stereocenters. The molecular formula is C19H27N3O. The Hall–Kier alpha value is -1.70. The van der Waals surface area contributed by atoms with Gasteiger partial charge in [-0.25, -0.2) is 0 Å². The Morgan fingerprint density at radius 2 is 1.78 bits per heavy atom. The normalized spacial score (nSPS) is 21.8. The van der Waals surface area contributed by atoms with Crippen molar-refractivity contribution in [1.29, 1.82) is 0 Å². The lowest BCUT2D eigenvalue weighted by atomic mass is 9.73. The minimum atomic E-state index is -0.262. The molecular weight excluding hydrogens is 286 g/mol. The van der Waals surface area contributed by atoms with Gasteiger partial charge in [0.25, 0.3) is 0 Å². The Labute approximate surface area is 139 Å². The molecule has 124 valence electrons. The van der Waals surface area contributed by atoms with Gasteiger partial charge in [-0.05, 0) is 58.4 Å². The Morgan fingerprint density at radius 3 is 2.30 bits per heavy atom. The van der Waals surface area contributed by atoms with Gasteiger partial charge in [0.15, 0.2) is 0 Å². The van der Waals surface area contributed by atoms with Gasteiger partial charge in [0.1, 0.15) is 5.71 Å². The summed E-state index contributed by atoms with van der Waals surface area (Å²) in [7, 11) is 0. The first-order valence-corrected chi connectivity index (χ1v) is 8.20. The van der Waals surface area contributed by atoms with Crippen LogP contribution in [0.1, 0.15) is 52.5 Å². The highest BCUT2D eigenvalue weighted by Crippen LogP contribution is 2.41. The topological polar surface area (TPSA) is 40.2 Å². The lowest BCUT2D eigenvalue weighted by molar-refractivity contribution is -0.250. The molecule has 0 radical (unpaired) electrons. The van der Waals surface area contributed by atoms with E-state index < -0.39 is 0 Å². The van der Waals surface area contributed by atoms with Crippen molar-refractivity contribution in [3.63, 3.8) is 0 Å². The highest BCUT2D eigenvalue weighted by molar-refractivity contribution is 5.87. The van der Waals surface area contributed by atoms with Crippen molar-refractivity contribution in [1.82, 2.24) is 5.06 Å². The summed E-state index contributed by atoms with van der Waals surface area (Å²) < 4.78 is 0. The van der Waals surface area contributed by atoms with Crippen molar-refractivity contribution in [3.05, 3.63) is 47.4 Å². The summed E-state index contributed by atoms with van der Waals surface area (Å²) in [4.78, 5) is 3.26. The van der Waals surface area contributed by atoms with Crippen molar-refractivity contribution in [2.24, 2.45) is 11.0 Å². The third-order valence-corrected chi connectivity index (χ3v) is 4.69. The standard InChI is InChI=1S/C19H27N3O/c1-18(2)13-16(14-19(3,4)22(18)23)12-17(21-20-5)11-15-9-7-6-8-10-15/h6-10,16,23H,11-14H2,1-4H3/b21-17+. The Morgan fingerprint density at radius 1 is 1.22 bits per heavy atom. The van der Waals surface area contributed by atoms with Crippen LogP contribution in [0.15, 0.2) is 35.4 Å². The molecule has 1 saturated heterocycles. The van der Waals surface area contributed by atoms with E-state index in [0.29, 0.717) is 5.92 Å². The molecule has 1 aromatic carbocycles. The Kier molecular flexibility index (Phi) is 5.23. The third kappa shape index (κ3) is 4.40. The number of nitrogens with zero attached hydrogens (tertiary/aromatic N) is 3. The van der Waals surface area contributed by atoms with E-state index in [2.05, 4.69) is 49.9 Å². The molecule has 1 heterocycles. The molecule has 1 aliphatic rings. The van der Waals surface area contributed by atoms with Crippen molar-refractivity contribution in [2.75, 3.05) is 0 Å². The van der Waals surface area contributed by atoms with E-state index in [1.54, 1.807) is 0 Å². The lowest BCUT2D eigenvalue weighted by Crippen LogP contribution is -2.59. The molecule has 0 saturated carbocycles. The number of rotatable bonds is 4. The molecule has 1 aliphatic heterocycles. The van der Waals surface area contributed by atoms with Crippen LogP contribution in [0.4, 0.5) is 0 Å². The zero-order chi connectivity index (χ0) is 17.1. The van der Waals surface area contributed by atoms with Crippen LogP contribution in [0.3, 0.4) is 0 Å². The minimum absolute atomic E-state index is 0.262. The molecule has 23 heavy (non-hydrogen) atoms. The minimum Gasteiger partial charge on any atom is -0.313 e. The van der Waals surface area contributed by atoms with E-state index in [0.717, 1.165) is 31.4 Å². The van der Waals surface area contributed by atoms with Crippen LogP contribution < -0.4 is 0 Å². The zero-order valence-corrected chi connectivity index (χ0v) is 14.6. The number of hydrogen-bond acceptors (Lipinski definition) is 3. The second-order valence-corrected chi connectivity index (χ2v) is 7.84. The molecule has 0 amide bonds. The fourth-order valence-electron chi connectivity index (χ4n) is 4.01. The van der Waals surface area contributed by atoms with Crippen LogP contribution >= 0.6 is 0 Å². The van der Waals surface area contributed by atoms with Gasteiger partial charge in [0, 0.05) is 17.5 Å². The van der Waals surface area contributed by atoms with Gasteiger partial charge in [-0.2, -0.15) is 11.6 Å². The zero-order valence-electron chi connectivity index (χ0n) is 14.6. The summed E-state index contributed by atoms with van der Waals surface area (Å²) in [5, 5.41) is 16.0. The van der Waals surface area contributed by atoms with E-state index in [1.165, 1.54) is 10.6 Å². The van der Waals surface area contributed by atoms with Crippen molar-refractivity contribution >= 4 is 5.71 Å². The molecule has 4 heteroatoms. The Bertz CT molecular complexity index is 581. The average Bonchev–Trinajstić information content (AvgIpc) is 2.45. The molecule has 2 rings (SSSR count). The monoisotopic (exact) mass is 313 g/mol. The summed E-state index contributed by atoms with van der Waals surface area (Å²) in [6, 6.07) is 10.2. The van der Waals surface area contributed by atoms with Gasteiger partial charge in [-0.15, -0.1) is 4.95 Å². The van der Waals surface area contributed by atoms with Gasteiger partial charge in [0.2, 0.25) is 0 Å². The van der Waals surface area contributed by atoms with Crippen LogP contribution in [0.2, 0.25) is 0 Å². The number of benzene rings is 1. The predicted octanol–water partition coefficient (Wildman–Crippen LogP) is 4.55. The number of hydroxylamine groups is 2. The van der Waals surface area contributed by atoms with E-state index in [9.17, 15) is 5.21 Å². The molecule has 4 nitrogen and oxygen atoms in total. The van der Waals surface area contributed by atoms with Crippen LogP contribution in [0.5, 0.6) is 0 Å². The van der Waals surface area contributed by atoms with Crippen molar-refractivity contribution in [3.8, 4) is 0 Å². The summed E-state index contributed by atoms with van der Waals surface area (Å²) in [6.45, 7) is 15.4. The predicted molar refractivity (Wildman–Crippen MR) is 93.3 cm³/mol. The molecule has 0 aromatic heterocycles. The first-order chi connectivity index (χ1) is 10.7. The number of hydrogen-bond donors (Lipinski definition) is 1. The van der Waals surface area contributed by atoms with Gasteiger partial charge >= 0.3 is 0 Å². The summed E-state index contributed by atoms with van der Waals surface area (Å²) in [5.41, 5.74) is 1.60. The average molecular weight is 313 g/mol. The van der Waals surface area contributed by atoms with E-state index in [1.807, 2.05) is 18.2 Å². The van der Waals surface area contributed by atoms with Gasteiger partial charge < -0.3 is 5.21 Å². The first kappa shape index (κ1) is 17.7. The molecule has 0 bridgehead atoms. The second kappa shape index (κ2) is 6.82. The van der Waals surface area contributed by atoms with Crippen molar-refractivity contribution in [2.45, 2.75) is 64.5 Å². The van der Waals surface area contributed by atoms with Gasteiger partial charge in [-0.1, -0.05) is 30.3 Å². The van der Waals surface area contributed by atoms with Crippen LogP contribution in [-0.2, 0) is 6.42 Å². The van der Waals surface area contributed by atoms with E-state index in [4.69, 9.17) is 6.57 Å². The first-order valence-electron chi connectivity index (χ1n) is 8.20. The fourth-order valence-corrected chi connectivity index (χ4v) is 4.01. The van der Waals surface area contributed by atoms with E-state index in [-0.39, 0.29) is 11.1 Å². The third-order valence-electron chi connectivity index (χ3n) is 4.69. The highest BCUT2D eigenvalue weighted by Gasteiger charge is 2.45. The summed E-state index contributed by atoms with van der Waals surface area (Å²) >= 11 is 0. The Balaban J connectivity index is 2.12. The van der Waals surface area contributed by atoms with E-state index >= 15 is 0 Å². The largest absolute Gasteiger partial charge is 0.313 e. The van der Waals surface area contributed by atoms with Crippen LogP contribution in [-0.4, -0.2) is 27.1 Å². The maximum absolute atomic E-state index is 10.4. The second-order valence-electron chi connectivity index (χ2n) is 7.84. The molecule has 0 aliphatic carbocycles. The quantitative estimate of drug-likeness (QED) is 0.503. The molecule has 0 atom stereocenters. The highest BCUT2D eigenvalue weighted by atomic mass is 16.5. The van der Waals surface area contributed by atoms with Gasteiger partial charge in [-0.3, -0.25) is 0 Å².